The fourth-order valence-electron chi connectivity index (χ4n) is 3.86. The average Bonchev–Trinajstić information content (AvgIpc) is 3.21. The topological polar surface area (TPSA) is 59.9 Å². The van der Waals surface area contributed by atoms with Gasteiger partial charge in [0.2, 0.25) is 0 Å². The van der Waals surface area contributed by atoms with Crippen molar-refractivity contribution in [2.75, 3.05) is 39.3 Å². The molecule has 2 unspecified atom stereocenters. The van der Waals surface area contributed by atoms with Gasteiger partial charge in [0.15, 0.2) is 5.96 Å². The largest absolute Gasteiger partial charge is 0.396 e. The van der Waals surface area contributed by atoms with Crippen molar-refractivity contribution in [3.63, 3.8) is 0 Å². The summed E-state index contributed by atoms with van der Waals surface area (Å²) in [7, 11) is 0. The van der Waals surface area contributed by atoms with Crippen molar-refractivity contribution in [2.45, 2.75) is 52.0 Å². The molecule has 2 rings (SSSR count). The Morgan fingerprint density at radius 3 is 2.43 bits per heavy atom. The molecule has 0 bridgehead atoms. The molecule has 0 spiro atoms. The van der Waals surface area contributed by atoms with Crippen LogP contribution in [0.3, 0.4) is 0 Å². The Morgan fingerprint density at radius 1 is 1.11 bits per heavy atom. The Bertz CT molecular complexity index is 529. The van der Waals surface area contributed by atoms with Gasteiger partial charge in [-0.1, -0.05) is 43.7 Å². The molecule has 1 aliphatic rings. The van der Waals surface area contributed by atoms with Gasteiger partial charge in [-0.2, -0.15) is 0 Å². The third-order valence-electron chi connectivity index (χ3n) is 5.31. The molecule has 0 aliphatic carbocycles. The number of hydrogen-bond donors (Lipinski definition) is 3. The van der Waals surface area contributed by atoms with Crippen LogP contribution in [0.2, 0.25) is 0 Å². The number of aliphatic hydroxyl groups excluding tert-OH is 1. The van der Waals surface area contributed by atoms with Gasteiger partial charge in [0.1, 0.15) is 0 Å². The summed E-state index contributed by atoms with van der Waals surface area (Å²) in [5, 5.41) is 16.2. The van der Waals surface area contributed by atoms with Gasteiger partial charge in [-0.15, -0.1) is 24.0 Å². The molecule has 5 nitrogen and oxygen atoms in total. The Labute approximate surface area is 188 Å². The monoisotopic (exact) mass is 502 g/mol. The third-order valence-corrected chi connectivity index (χ3v) is 5.31. The number of nitrogens with one attached hydrogen (secondary N) is 2. The highest BCUT2D eigenvalue weighted by molar-refractivity contribution is 14.0. The summed E-state index contributed by atoms with van der Waals surface area (Å²) < 4.78 is 0. The molecule has 6 heteroatoms. The minimum absolute atomic E-state index is 0. The van der Waals surface area contributed by atoms with E-state index in [1.54, 1.807) is 0 Å². The van der Waals surface area contributed by atoms with Crippen LogP contribution in [0.4, 0.5) is 0 Å². The average molecular weight is 502 g/mol. The molecular weight excluding hydrogens is 463 g/mol. The van der Waals surface area contributed by atoms with Gasteiger partial charge >= 0.3 is 0 Å². The number of rotatable bonds is 11. The standard InChI is InChI=1S/C22H38N4O.HI/c1-3-10-19(13-16-27)17-24-22(23-4-2)25-18-21(26-14-8-9-15-26)20-11-6-5-7-12-20;/h5-7,11-12,19,21,27H,3-4,8-10,13-18H2,1-2H3,(H2,23,24,25);1H. The van der Waals surface area contributed by atoms with Gasteiger partial charge in [0.05, 0.1) is 6.04 Å². The molecule has 3 N–H and O–H groups in total. The van der Waals surface area contributed by atoms with Crippen LogP contribution in [0, 0.1) is 5.92 Å². The predicted octanol–water partition coefficient (Wildman–Crippen LogP) is 3.80. The molecule has 1 aliphatic heterocycles. The highest BCUT2D eigenvalue weighted by Gasteiger charge is 2.23. The van der Waals surface area contributed by atoms with Gasteiger partial charge < -0.3 is 15.7 Å². The van der Waals surface area contributed by atoms with Crippen molar-refractivity contribution in [2.24, 2.45) is 10.9 Å². The second kappa shape index (κ2) is 15.0. The Hall–Kier alpha value is -0.860. The number of benzene rings is 1. The van der Waals surface area contributed by atoms with Crippen LogP contribution < -0.4 is 10.6 Å². The lowest BCUT2D eigenvalue weighted by atomic mass is 10.0. The van der Waals surface area contributed by atoms with Gasteiger partial charge in [-0.05, 0) is 57.2 Å². The van der Waals surface area contributed by atoms with E-state index in [0.717, 1.165) is 44.9 Å². The Balaban J connectivity index is 0.00000392. The molecule has 1 fully saturated rings. The maximum absolute atomic E-state index is 9.27. The van der Waals surface area contributed by atoms with Crippen LogP contribution in [-0.4, -0.2) is 55.3 Å². The predicted molar refractivity (Wildman–Crippen MR) is 129 cm³/mol. The zero-order valence-corrected chi connectivity index (χ0v) is 19.9. The number of aliphatic hydroxyl groups is 1. The van der Waals surface area contributed by atoms with Gasteiger partial charge in [-0.3, -0.25) is 9.89 Å². The van der Waals surface area contributed by atoms with E-state index in [2.05, 4.69) is 59.7 Å². The lowest BCUT2D eigenvalue weighted by molar-refractivity contribution is 0.245. The lowest BCUT2D eigenvalue weighted by Crippen LogP contribution is -2.43. The van der Waals surface area contributed by atoms with E-state index in [1.807, 2.05) is 0 Å². The van der Waals surface area contributed by atoms with Crippen LogP contribution in [-0.2, 0) is 0 Å². The van der Waals surface area contributed by atoms with E-state index in [4.69, 9.17) is 4.99 Å². The lowest BCUT2D eigenvalue weighted by Gasteiger charge is -2.29. The number of aliphatic imine (C=N–C) groups is 1. The van der Waals surface area contributed by atoms with Crippen LogP contribution in [0.25, 0.3) is 0 Å². The summed E-state index contributed by atoms with van der Waals surface area (Å²) in [5.74, 6) is 1.34. The van der Waals surface area contributed by atoms with Crippen molar-refractivity contribution in [1.29, 1.82) is 0 Å². The second-order valence-corrected chi connectivity index (χ2v) is 7.44. The van der Waals surface area contributed by atoms with Crippen LogP contribution >= 0.6 is 24.0 Å². The van der Waals surface area contributed by atoms with E-state index in [1.165, 1.54) is 31.5 Å². The Morgan fingerprint density at radius 2 is 1.82 bits per heavy atom. The van der Waals surface area contributed by atoms with E-state index in [0.29, 0.717) is 12.0 Å². The van der Waals surface area contributed by atoms with Gasteiger partial charge in [0, 0.05) is 26.2 Å². The van der Waals surface area contributed by atoms with Gasteiger partial charge in [0.25, 0.3) is 0 Å². The minimum Gasteiger partial charge on any atom is -0.396 e. The molecule has 1 saturated heterocycles. The summed E-state index contributed by atoms with van der Waals surface area (Å²) in [6, 6.07) is 11.2. The number of halogens is 1. The number of nitrogens with zero attached hydrogens (tertiary/aromatic N) is 2. The maximum atomic E-state index is 9.27. The molecular formula is C22H39IN4O. The van der Waals surface area contributed by atoms with Crippen LogP contribution in [0.15, 0.2) is 35.3 Å². The summed E-state index contributed by atoms with van der Waals surface area (Å²) >= 11 is 0. The summed E-state index contributed by atoms with van der Waals surface area (Å²) in [6.07, 6.45) is 5.66. The molecule has 28 heavy (non-hydrogen) atoms. The first kappa shape index (κ1) is 25.2. The second-order valence-electron chi connectivity index (χ2n) is 7.44. The van der Waals surface area contributed by atoms with E-state index in [9.17, 15) is 5.11 Å². The van der Waals surface area contributed by atoms with Crippen LogP contribution in [0.5, 0.6) is 0 Å². The molecule has 160 valence electrons. The zero-order chi connectivity index (χ0) is 19.3. The summed E-state index contributed by atoms with van der Waals surface area (Å²) in [4.78, 5) is 7.39. The number of hydrogen-bond acceptors (Lipinski definition) is 3. The smallest absolute Gasteiger partial charge is 0.191 e. The molecule has 2 atom stereocenters. The van der Waals surface area contributed by atoms with Crippen molar-refractivity contribution in [3.8, 4) is 0 Å². The van der Waals surface area contributed by atoms with E-state index >= 15 is 0 Å². The molecule has 0 radical (unpaired) electrons. The van der Waals surface area contributed by atoms with Crippen molar-refractivity contribution in [1.82, 2.24) is 15.5 Å². The van der Waals surface area contributed by atoms with Crippen molar-refractivity contribution in [3.05, 3.63) is 35.9 Å². The summed E-state index contributed by atoms with van der Waals surface area (Å²) in [6.45, 7) is 9.35. The number of guanidine groups is 1. The quantitative estimate of drug-likeness (QED) is 0.245. The van der Waals surface area contributed by atoms with E-state index in [-0.39, 0.29) is 30.6 Å². The number of likely N-dealkylation sites (tertiary alicyclic amines) is 1. The van der Waals surface area contributed by atoms with Gasteiger partial charge in [-0.25, -0.2) is 0 Å². The highest BCUT2D eigenvalue weighted by Crippen LogP contribution is 2.24. The molecule has 0 amide bonds. The first-order valence-electron chi connectivity index (χ1n) is 10.7. The zero-order valence-electron chi connectivity index (χ0n) is 17.6. The SMILES string of the molecule is CCCC(CCO)CN=C(NCC)NCC(c1ccccc1)N1CCCC1.I. The molecule has 1 aromatic rings. The fourth-order valence-corrected chi connectivity index (χ4v) is 3.86. The molecule has 0 saturated carbocycles. The first-order chi connectivity index (χ1) is 13.3. The minimum atomic E-state index is 0. The molecule has 1 aromatic carbocycles. The first-order valence-corrected chi connectivity index (χ1v) is 10.7. The fraction of sp³-hybridized carbons (Fsp3) is 0.682. The van der Waals surface area contributed by atoms with Crippen molar-refractivity contribution >= 4 is 29.9 Å². The maximum Gasteiger partial charge on any atom is 0.191 e. The normalized spacial score (nSPS) is 17.0. The molecule has 0 aromatic heterocycles. The third kappa shape index (κ3) is 8.66. The van der Waals surface area contributed by atoms with Crippen LogP contribution in [0.1, 0.15) is 57.6 Å². The highest BCUT2D eigenvalue weighted by atomic mass is 127. The summed E-state index contributed by atoms with van der Waals surface area (Å²) in [5.41, 5.74) is 1.37. The van der Waals surface area contributed by atoms with Crippen molar-refractivity contribution < 1.29 is 5.11 Å². The molecule has 1 heterocycles. The Kier molecular flexibility index (Phi) is 13.5. The van der Waals surface area contributed by atoms with E-state index < -0.39 is 0 Å².